The summed E-state index contributed by atoms with van der Waals surface area (Å²) in [7, 11) is 0. The van der Waals surface area contributed by atoms with Crippen molar-refractivity contribution in [2.75, 3.05) is 0 Å². The fraction of sp³-hybridized carbons (Fsp3) is 0. The van der Waals surface area contributed by atoms with Crippen LogP contribution < -0.4 is 0 Å². The van der Waals surface area contributed by atoms with Crippen LogP contribution in [0.3, 0.4) is 0 Å². The number of hydrogen-bond donors (Lipinski definition) is 0. The van der Waals surface area contributed by atoms with Crippen molar-refractivity contribution in [3.63, 3.8) is 0 Å². The Kier molecular flexibility index (Phi) is 10.8. The van der Waals surface area contributed by atoms with Gasteiger partial charge in [0.15, 0.2) is 0 Å². The standard InChI is InChI=1S/C40H25N3.C11H8N.Ir/c1-3-11-28(12-4-1)37-27-31(22-24-42-37)34-17-10-19-39-40(34)35-26-30(20-21-38(35)43(39)33-15-5-2-6-16-33)29-13-9-14-32(25-29)36-18-7-8-23-41-36;1-2-6-10(7-3-1)11-8-4-5-9-12-11;/h1-11,13,15-27H;1-6,8-9H;/q-2;-1;+3. The maximum absolute atomic E-state index is 4.67. The zero-order valence-corrected chi connectivity index (χ0v) is 32.6. The molecule has 0 fully saturated rings. The van der Waals surface area contributed by atoms with E-state index in [0.29, 0.717) is 0 Å². The minimum atomic E-state index is 0. The third kappa shape index (κ3) is 7.47. The van der Waals surface area contributed by atoms with Crippen molar-refractivity contribution in [3.8, 4) is 61.7 Å². The van der Waals surface area contributed by atoms with Gasteiger partial charge in [-0.1, -0.05) is 66.7 Å². The van der Waals surface area contributed by atoms with Crippen LogP contribution in [0, 0.1) is 18.2 Å². The summed E-state index contributed by atoms with van der Waals surface area (Å²) in [6.07, 6.45) is 5.50. The van der Waals surface area contributed by atoms with Crippen LogP contribution in [0.25, 0.3) is 83.5 Å². The molecule has 10 rings (SSSR count). The summed E-state index contributed by atoms with van der Waals surface area (Å²) < 4.78 is 2.36. The predicted molar refractivity (Wildman–Crippen MR) is 224 cm³/mol. The molecule has 5 heteroatoms. The van der Waals surface area contributed by atoms with Crippen molar-refractivity contribution in [1.29, 1.82) is 0 Å². The van der Waals surface area contributed by atoms with Gasteiger partial charge in [-0.25, -0.2) is 0 Å². The molecular weight excluding hydrogens is 861 g/mol. The third-order valence-corrected chi connectivity index (χ3v) is 9.59. The molecule has 0 aliphatic carbocycles. The van der Waals surface area contributed by atoms with E-state index in [4.69, 9.17) is 0 Å². The van der Waals surface area contributed by atoms with E-state index in [1.54, 1.807) is 6.20 Å². The summed E-state index contributed by atoms with van der Waals surface area (Å²) in [6.45, 7) is 0. The quantitative estimate of drug-likeness (QED) is 0.156. The van der Waals surface area contributed by atoms with Crippen LogP contribution in [-0.4, -0.2) is 19.5 Å². The molecule has 0 N–H and O–H groups in total. The molecule has 0 unspecified atom stereocenters. The molecule has 0 spiro atoms. The topological polar surface area (TPSA) is 43.6 Å². The minimum Gasteiger partial charge on any atom is -0.309 e. The van der Waals surface area contributed by atoms with Gasteiger partial charge in [0, 0.05) is 35.1 Å². The Balaban J connectivity index is 0.000000290. The summed E-state index contributed by atoms with van der Waals surface area (Å²) >= 11 is 0. The molecule has 6 aromatic carbocycles. The summed E-state index contributed by atoms with van der Waals surface area (Å²) in [5.74, 6) is 0. The van der Waals surface area contributed by atoms with Crippen LogP contribution in [0.4, 0.5) is 0 Å². The molecule has 0 atom stereocenters. The van der Waals surface area contributed by atoms with Crippen LogP contribution in [-0.2, 0) is 20.1 Å². The number of para-hydroxylation sites is 1. The summed E-state index contributed by atoms with van der Waals surface area (Å²) in [5, 5.41) is 2.41. The van der Waals surface area contributed by atoms with Gasteiger partial charge < -0.3 is 19.5 Å². The number of pyridine rings is 3. The largest absolute Gasteiger partial charge is 3.00 e. The van der Waals surface area contributed by atoms with E-state index < -0.39 is 0 Å². The van der Waals surface area contributed by atoms with Gasteiger partial charge in [0.2, 0.25) is 0 Å². The van der Waals surface area contributed by atoms with Gasteiger partial charge in [-0.05, 0) is 82.3 Å². The van der Waals surface area contributed by atoms with E-state index >= 15 is 0 Å². The third-order valence-electron chi connectivity index (χ3n) is 9.59. The van der Waals surface area contributed by atoms with Crippen molar-refractivity contribution in [2.24, 2.45) is 0 Å². The number of nitrogens with zero attached hydrogens (tertiary/aromatic N) is 4. The molecule has 56 heavy (non-hydrogen) atoms. The number of benzene rings is 6. The Morgan fingerprint density at radius 1 is 0.393 bits per heavy atom. The van der Waals surface area contributed by atoms with E-state index in [-0.39, 0.29) is 20.1 Å². The Bertz CT molecular complexity index is 2800. The monoisotopic (exact) mass is 894 g/mol. The maximum atomic E-state index is 4.67. The Morgan fingerprint density at radius 2 is 1.04 bits per heavy atom. The summed E-state index contributed by atoms with van der Waals surface area (Å²) in [5.41, 5.74) is 13.8. The van der Waals surface area contributed by atoms with Crippen molar-refractivity contribution < 1.29 is 20.1 Å². The van der Waals surface area contributed by atoms with Crippen LogP contribution >= 0.6 is 0 Å². The SMILES string of the molecule is [Ir+3].[c-]1ccccc1-c1cc(-c2cccc3c2c2cc(-c4cc[c-]c(-c5ccccn5)c4)ccc2n3-c2ccccc2)ccn1.[c-]1ccccc1-c1ccccn1. The van der Waals surface area contributed by atoms with E-state index in [2.05, 4.69) is 135 Å². The second kappa shape index (κ2) is 16.7. The molecule has 0 aliphatic rings. The normalized spacial score (nSPS) is 10.7. The summed E-state index contributed by atoms with van der Waals surface area (Å²) in [4.78, 5) is 13.4. The smallest absolute Gasteiger partial charge is 0.309 e. The molecule has 4 heterocycles. The molecule has 0 amide bonds. The molecule has 4 aromatic heterocycles. The first-order chi connectivity index (χ1) is 27.3. The Hall–Kier alpha value is -6.78. The second-order valence-electron chi connectivity index (χ2n) is 13.0. The van der Waals surface area contributed by atoms with Crippen molar-refractivity contribution in [2.45, 2.75) is 0 Å². The van der Waals surface area contributed by atoms with E-state index in [0.717, 1.165) is 67.2 Å². The molecule has 0 aliphatic heterocycles. The molecule has 0 saturated carbocycles. The van der Waals surface area contributed by atoms with Gasteiger partial charge in [0.05, 0.1) is 11.0 Å². The van der Waals surface area contributed by atoms with Crippen LogP contribution in [0.15, 0.2) is 201 Å². The average Bonchev–Trinajstić information content (AvgIpc) is 3.62. The van der Waals surface area contributed by atoms with Crippen LogP contribution in [0.5, 0.6) is 0 Å². The maximum Gasteiger partial charge on any atom is 3.00 e. The first kappa shape index (κ1) is 36.2. The number of hydrogen-bond acceptors (Lipinski definition) is 3. The molecule has 0 bridgehead atoms. The fourth-order valence-electron chi connectivity index (χ4n) is 7.03. The Morgan fingerprint density at radius 3 is 1.73 bits per heavy atom. The van der Waals surface area contributed by atoms with Gasteiger partial charge in [-0.2, -0.15) is 0 Å². The molecule has 0 radical (unpaired) electrons. The zero-order valence-electron chi connectivity index (χ0n) is 30.2. The van der Waals surface area contributed by atoms with Gasteiger partial charge >= 0.3 is 20.1 Å². The van der Waals surface area contributed by atoms with Crippen LogP contribution in [0.1, 0.15) is 0 Å². The van der Waals surface area contributed by atoms with E-state index in [9.17, 15) is 0 Å². The molecule has 4 nitrogen and oxygen atoms in total. The molecular formula is C51H33IrN4. The molecule has 0 saturated heterocycles. The van der Waals surface area contributed by atoms with Gasteiger partial charge in [-0.15, -0.1) is 107 Å². The molecule has 266 valence electrons. The first-order valence-corrected chi connectivity index (χ1v) is 18.2. The van der Waals surface area contributed by atoms with Gasteiger partial charge in [0.1, 0.15) is 0 Å². The van der Waals surface area contributed by atoms with Crippen LogP contribution in [0.2, 0.25) is 0 Å². The number of rotatable bonds is 6. The zero-order chi connectivity index (χ0) is 36.8. The fourth-order valence-corrected chi connectivity index (χ4v) is 7.03. The second-order valence-corrected chi connectivity index (χ2v) is 13.0. The van der Waals surface area contributed by atoms with Crippen molar-refractivity contribution >= 4 is 21.8 Å². The summed E-state index contributed by atoms with van der Waals surface area (Å²) in [6, 6.07) is 72.0. The van der Waals surface area contributed by atoms with Gasteiger partial charge in [0.25, 0.3) is 0 Å². The Labute approximate surface area is 340 Å². The van der Waals surface area contributed by atoms with Gasteiger partial charge in [-0.3, -0.25) is 0 Å². The minimum absolute atomic E-state index is 0. The average molecular weight is 894 g/mol. The predicted octanol–water partition coefficient (Wildman–Crippen LogP) is 12.4. The number of aromatic nitrogens is 4. The van der Waals surface area contributed by atoms with E-state index in [1.165, 1.54) is 16.3 Å². The first-order valence-electron chi connectivity index (χ1n) is 18.2. The molecule has 10 aromatic rings. The van der Waals surface area contributed by atoms with Crippen molar-refractivity contribution in [1.82, 2.24) is 19.5 Å². The van der Waals surface area contributed by atoms with E-state index in [1.807, 2.05) is 97.3 Å². The number of fused-ring (bicyclic) bond motifs is 3. The van der Waals surface area contributed by atoms with Crippen molar-refractivity contribution in [3.05, 3.63) is 219 Å².